The van der Waals surface area contributed by atoms with Crippen molar-refractivity contribution in [2.24, 2.45) is 5.92 Å². The zero-order valence-electron chi connectivity index (χ0n) is 31.6. The molecule has 0 unspecified atom stereocenters. The fraction of sp³-hybridized carbons (Fsp3) is 0.409. The van der Waals surface area contributed by atoms with E-state index in [2.05, 4.69) is 17.1 Å². The summed E-state index contributed by atoms with van der Waals surface area (Å²) in [5.41, 5.74) is 4.99. The van der Waals surface area contributed by atoms with Crippen LogP contribution < -0.4 is 5.32 Å². The molecule has 4 aromatic rings. The predicted octanol–water partition coefficient (Wildman–Crippen LogP) is 7.44. The Morgan fingerprint density at radius 2 is 1.56 bits per heavy atom. The molecule has 3 heterocycles. The number of nitrogens with zero attached hydrogens (tertiary/aromatic N) is 2. The standard InChI is InChI=1S/C44H47ClF3N3O6/c1-28-38(26-50-23-20-43(55,21-24-50)34-16-18-35(45)19-17-34)56-41(57-39(28)31-10-8-29(27-52)9-11-31)32-14-12-30(13-15-32)36-6-3-2-5-33(36)25-49-40(53)37-7-4-22-51(37)42(54)44(46,47)48/h2-3,5-6,8-19,28,37-39,41,52,55H,4,7,20-27H2,1H3,(H,49,53)/t28-,37-,38+,39+,41+/m0/s1. The lowest BCUT2D eigenvalue weighted by Gasteiger charge is -2.45. The molecule has 3 saturated heterocycles. The molecule has 57 heavy (non-hydrogen) atoms. The topological polar surface area (TPSA) is 112 Å². The Kier molecular flexibility index (Phi) is 12.4. The van der Waals surface area contributed by atoms with Gasteiger partial charge in [-0.2, -0.15) is 13.2 Å². The second-order valence-electron chi connectivity index (χ2n) is 15.3. The van der Waals surface area contributed by atoms with Crippen LogP contribution in [-0.4, -0.2) is 76.3 Å². The van der Waals surface area contributed by atoms with Crippen LogP contribution in [0.5, 0.6) is 0 Å². The van der Waals surface area contributed by atoms with Gasteiger partial charge in [0.2, 0.25) is 5.91 Å². The first-order chi connectivity index (χ1) is 27.3. The molecule has 2 amide bonds. The largest absolute Gasteiger partial charge is 0.471 e. The summed E-state index contributed by atoms with van der Waals surface area (Å²) in [6.45, 7) is 4.04. The molecule has 0 bridgehead atoms. The van der Waals surface area contributed by atoms with Crippen molar-refractivity contribution >= 4 is 23.4 Å². The highest BCUT2D eigenvalue weighted by molar-refractivity contribution is 6.30. The molecule has 13 heteroatoms. The number of alkyl halides is 3. The van der Waals surface area contributed by atoms with Gasteiger partial charge in [-0.15, -0.1) is 0 Å². The monoisotopic (exact) mass is 805 g/mol. The van der Waals surface area contributed by atoms with E-state index in [-0.39, 0.29) is 44.2 Å². The van der Waals surface area contributed by atoms with E-state index in [1.54, 1.807) is 12.1 Å². The van der Waals surface area contributed by atoms with Crippen LogP contribution in [0.1, 0.15) is 72.8 Å². The summed E-state index contributed by atoms with van der Waals surface area (Å²) >= 11 is 6.10. The molecule has 5 atom stereocenters. The van der Waals surface area contributed by atoms with Crippen LogP contribution in [0.3, 0.4) is 0 Å². The van der Waals surface area contributed by atoms with E-state index in [1.165, 1.54) is 0 Å². The van der Waals surface area contributed by atoms with Crippen molar-refractivity contribution in [1.82, 2.24) is 15.1 Å². The van der Waals surface area contributed by atoms with Gasteiger partial charge in [0.05, 0.1) is 24.4 Å². The number of benzene rings is 4. The minimum Gasteiger partial charge on any atom is -0.392 e. The molecule has 0 saturated carbocycles. The normalized spacial score (nSPS) is 24.0. The smallest absolute Gasteiger partial charge is 0.392 e. The van der Waals surface area contributed by atoms with Crippen LogP contribution in [0.15, 0.2) is 97.1 Å². The Morgan fingerprint density at radius 1 is 0.895 bits per heavy atom. The lowest BCUT2D eigenvalue weighted by atomic mass is 9.84. The van der Waals surface area contributed by atoms with Crippen LogP contribution in [0.25, 0.3) is 11.1 Å². The van der Waals surface area contributed by atoms with Gasteiger partial charge in [-0.05, 0) is 71.2 Å². The summed E-state index contributed by atoms with van der Waals surface area (Å²) in [5.74, 6) is -2.64. The first kappa shape index (κ1) is 40.9. The summed E-state index contributed by atoms with van der Waals surface area (Å²) in [6.07, 6.45) is -4.61. The average molecular weight is 806 g/mol. The summed E-state index contributed by atoms with van der Waals surface area (Å²) in [7, 11) is 0. The van der Waals surface area contributed by atoms with Gasteiger partial charge in [-0.3, -0.25) is 9.59 Å². The molecule has 0 aliphatic carbocycles. The molecule has 0 radical (unpaired) electrons. The quantitative estimate of drug-likeness (QED) is 0.153. The van der Waals surface area contributed by atoms with Crippen LogP contribution in [0.2, 0.25) is 5.02 Å². The number of halogens is 4. The molecule has 9 nitrogen and oxygen atoms in total. The van der Waals surface area contributed by atoms with Crippen molar-refractivity contribution in [3.05, 3.63) is 130 Å². The third kappa shape index (κ3) is 9.22. The highest BCUT2D eigenvalue weighted by Crippen LogP contribution is 2.43. The Balaban J connectivity index is 1.06. The van der Waals surface area contributed by atoms with E-state index in [0.29, 0.717) is 48.8 Å². The lowest BCUT2D eigenvalue weighted by Crippen LogP contribution is -2.50. The lowest BCUT2D eigenvalue weighted by molar-refractivity contribution is -0.277. The predicted molar refractivity (Wildman–Crippen MR) is 209 cm³/mol. The van der Waals surface area contributed by atoms with Gasteiger partial charge < -0.3 is 34.8 Å². The number of rotatable bonds is 10. The third-order valence-electron chi connectivity index (χ3n) is 11.6. The minimum absolute atomic E-state index is 0.0254. The van der Waals surface area contributed by atoms with Crippen molar-refractivity contribution in [2.75, 3.05) is 26.2 Å². The number of piperidine rings is 1. The maximum atomic E-state index is 13.2. The molecule has 7 rings (SSSR count). The summed E-state index contributed by atoms with van der Waals surface area (Å²) in [5, 5.41) is 24.5. The summed E-state index contributed by atoms with van der Waals surface area (Å²) in [4.78, 5) is 27.9. The first-order valence-corrected chi connectivity index (χ1v) is 19.8. The van der Waals surface area contributed by atoms with E-state index in [1.807, 2.05) is 84.9 Å². The van der Waals surface area contributed by atoms with Gasteiger partial charge in [-0.25, -0.2) is 0 Å². The van der Waals surface area contributed by atoms with Gasteiger partial charge in [0.15, 0.2) is 6.29 Å². The zero-order valence-corrected chi connectivity index (χ0v) is 32.4. The fourth-order valence-electron chi connectivity index (χ4n) is 8.26. The number of carbonyl (C=O) groups excluding carboxylic acids is 2. The van der Waals surface area contributed by atoms with Crippen molar-refractivity contribution < 1.29 is 42.4 Å². The van der Waals surface area contributed by atoms with Crippen LogP contribution in [0, 0.1) is 5.92 Å². The van der Waals surface area contributed by atoms with Crippen LogP contribution >= 0.6 is 11.6 Å². The number of likely N-dealkylation sites (tertiary alicyclic amines) is 2. The molecule has 3 aliphatic rings. The van der Waals surface area contributed by atoms with E-state index in [4.69, 9.17) is 21.1 Å². The number of nitrogens with one attached hydrogen (secondary N) is 1. The first-order valence-electron chi connectivity index (χ1n) is 19.4. The molecule has 0 spiro atoms. The van der Waals surface area contributed by atoms with Gasteiger partial charge >= 0.3 is 12.1 Å². The molecule has 0 aromatic heterocycles. The molecule has 3 fully saturated rings. The number of carbonyl (C=O) groups is 2. The average Bonchev–Trinajstić information content (AvgIpc) is 3.71. The highest BCUT2D eigenvalue weighted by atomic mass is 35.5. The van der Waals surface area contributed by atoms with E-state index in [0.717, 1.165) is 38.9 Å². The molecular weight excluding hydrogens is 759 g/mol. The van der Waals surface area contributed by atoms with Gasteiger partial charge in [0.25, 0.3) is 0 Å². The number of ether oxygens (including phenoxy) is 2. The molecule has 3 N–H and O–H groups in total. The summed E-state index contributed by atoms with van der Waals surface area (Å²) in [6, 6.07) is 29.2. The van der Waals surface area contributed by atoms with Crippen molar-refractivity contribution in [1.29, 1.82) is 0 Å². The molecule has 3 aliphatic heterocycles. The maximum absolute atomic E-state index is 13.2. The second-order valence-corrected chi connectivity index (χ2v) is 15.7. The maximum Gasteiger partial charge on any atom is 0.471 e. The van der Waals surface area contributed by atoms with Crippen LogP contribution in [-0.2, 0) is 37.8 Å². The van der Waals surface area contributed by atoms with E-state index < -0.39 is 35.9 Å². The Labute approximate surface area is 335 Å². The number of amides is 2. The number of hydrogen-bond donors (Lipinski definition) is 3. The Morgan fingerprint density at radius 3 is 2.23 bits per heavy atom. The minimum atomic E-state index is -5.04. The highest BCUT2D eigenvalue weighted by Gasteiger charge is 2.48. The molecular formula is C44H47ClF3N3O6. The Hall–Kier alpha value is -4.30. The van der Waals surface area contributed by atoms with Gasteiger partial charge in [0.1, 0.15) is 6.04 Å². The molecule has 4 aromatic carbocycles. The van der Waals surface area contributed by atoms with Crippen molar-refractivity contribution in [3.8, 4) is 11.1 Å². The summed E-state index contributed by atoms with van der Waals surface area (Å²) < 4.78 is 52.9. The number of aliphatic hydroxyl groups is 2. The van der Waals surface area contributed by atoms with Crippen molar-refractivity contribution in [3.63, 3.8) is 0 Å². The third-order valence-corrected chi connectivity index (χ3v) is 11.9. The zero-order chi connectivity index (χ0) is 40.3. The van der Waals surface area contributed by atoms with E-state index in [9.17, 15) is 33.0 Å². The second kappa shape index (κ2) is 17.3. The van der Waals surface area contributed by atoms with E-state index >= 15 is 0 Å². The van der Waals surface area contributed by atoms with Gasteiger partial charge in [-0.1, -0.05) is 103 Å². The SMILES string of the molecule is C[C@H]1[C@@H](CN2CCC(O)(c3ccc(Cl)cc3)CC2)O[C@@H](c2ccc(-c3ccccc3CNC(=O)[C@@H]3CCCN3C(=O)C(F)(F)F)cc2)O[C@H]1c1ccc(CO)cc1. The fourth-order valence-corrected chi connectivity index (χ4v) is 8.38. The number of hydrogen-bond acceptors (Lipinski definition) is 7. The molecule has 302 valence electrons. The van der Waals surface area contributed by atoms with Gasteiger partial charge in [0, 0.05) is 49.2 Å². The van der Waals surface area contributed by atoms with Crippen molar-refractivity contribution in [2.45, 2.75) is 82.1 Å². The Bertz CT molecular complexity index is 2010. The number of aliphatic hydroxyl groups excluding tert-OH is 1. The van der Waals surface area contributed by atoms with Crippen LogP contribution in [0.4, 0.5) is 13.2 Å².